The number of aryl methyl sites for hydroxylation is 1. The average Bonchev–Trinajstić information content (AvgIpc) is 3.32. The molecule has 0 atom stereocenters. The highest BCUT2D eigenvalue weighted by Crippen LogP contribution is 2.22. The van der Waals surface area contributed by atoms with Crippen LogP contribution in [0.15, 0.2) is 91.3 Å². The number of halogens is 1. The quantitative estimate of drug-likeness (QED) is 0.458. The van der Waals surface area contributed by atoms with E-state index in [0.29, 0.717) is 16.8 Å². The molecule has 2 amide bonds. The topological polar surface area (TPSA) is 63.1 Å². The first kappa shape index (κ1) is 20.1. The fourth-order valence-electron chi connectivity index (χ4n) is 3.15. The van der Waals surface area contributed by atoms with Crippen LogP contribution in [0.25, 0.3) is 5.69 Å². The smallest absolute Gasteiger partial charge is 0.255 e. The first-order valence-electron chi connectivity index (χ1n) is 9.72. The fraction of sp³-hybridized carbons (Fsp3) is 0.0400. The van der Waals surface area contributed by atoms with E-state index in [9.17, 15) is 14.0 Å². The maximum Gasteiger partial charge on any atom is 0.255 e. The molecule has 1 heterocycles. The summed E-state index contributed by atoms with van der Waals surface area (Å²) in [6.07, 6.45) is 3.67. The molecule has 31 heavy (non-hydrogen) atoms. The van der Waals surface area contributed by atoms with Crippen LogP contribution in [0.4, 0.5) is 15.8 Å². The van der Waals surface area contributed by atoms with Crippen LogP contribution < -0.4 is 10.6 Å². The first-order chi connectivity index (χ1) is 15.0. The Morgan fingerprint density at radius 1 is 0.742 bits per heavy atom. The first-order valence-corrected chi connectivity index (χ1v) is 9.72. The summed E-state index contributed by atoms with van der Waals surface area (Å²) in [6.45, 7) is 1.84. The standard InChI is InChI=1S/C25H20FN3O2/c1-17-9-10-19(15-22(17)27-24(30)18-7-3-2-4-8-18)25(31)28-23-16-20(11-12-21(23)26)29-13-5-6-14-29/h2-16H,1H3,(H,27,30)(H,28,31). The highest BCUT2D eigenvalue weighted by Gasteiger charge is 2.14. The molecule has 0 radical (unpaired) electrons. The van der Waals surface area contributed by atoms with Gasteiger partial charge in [0.2, 0.25) is 0 Å². The second kappa shape index (κ2) is 8.67. The Balaban J connectivity index is 1.55. The molecule has 0 aliphatic rings. The highest BCUT2D eigenvalue weighted by atomic mass is 19.1. The number of nitrogens with one attached hydrogen (secondary N) is 2. The summed E-state index contributed by atoms with van der Waals surface area (Å²) in [5.74, 6) is -1.28. The molecule has 0 spiro atoms. The van der Waals surface area contributed by atoms with E-state index >= 15 is 0 Å². The third kappa shape index (κ3) is 4.53. The number of rotatable bonds is 5. The lowest BCUT2D eigenvalue weighted by Gasteiger charge is -2.12. The minimum absolute atomic E-state index is 0.0756. The van der Waals surface area contributed by atoms with E-state index in [1.807, 2.05) is 42.1 Å². The van der Waals surface area contributed by atoms with Crippen molar-refractivity contribution in [3.63, 3.8) is 0 Å². The van der Waals surface area contributed by atoms with Crippen molar-refractivity contribution in [3.8, 4) is 5.69 Å². The van der Waals surface area contributed by atoms with Gasteiger partial charge < -0.3 is 15.2 Å². The molecule has 0 unspecified atom stereocenters. The largest absolute Gasteiger partial charge is 0.324 e. The lowest BCUT2D eigenvalue weighted by Crippen LogP contribution is -2.16. The summed E-state index contributed by atoms with van der Waals surface area (Å²) in [5, 5.41) is 5.45. The number of carbonyl (C=O) groups excluding carboxylic acids is 2. The molecule has 5 nitrogen and oxygen atoms in total. The lowest BCUT2D eigenvalue weighted by molar-refractivity contribution is 0.101. The summed E-state index contributed by atoms with van der Waals surface area (Å²) in [5.41, 5.74) is 2.94. The average molecular weight is 413 g/mol. The molecule has 0 saturated carbocycles. The Kier molecular flexibility index (Phi) is 5.62. The lowest BCUT2D eigenvalue weighted by atomic mass is 10.1. The van der Waals surface area contributed by atoms with E-state index in [2.05, 4.69) is 10.6 Å². The van der Waals surface area contributed by atoms with Crippen LogP contribution in [0, 0.1) is 12.7 Å². The third-order valence-electron chi connectivity index (χ3n) is 4.88. The Morgan fingerprint density at radius 3 is 2.16 bits per heavy atom. The van der Waals surface area contributed by atoms with Crippen molar-refractivity contribution in [2.45, 2.75) is 6.92 Å². The third-order valence-corrected chi connectivity index (χ3v) is 4.88. The highest BCUT2D eigenvalue weighted by molar-refractivity contribution is 6.07. The van der Waals surface area contributed by atoms with Crippen molar-refractivity contribution in [2.75, 3.05) is 10.6 Å². The summed E-state index contributed by atoms with van der Waals surface area (Å²) in [6, 6.07) is 22.0. The molecule has 6 heteroatoms. The summed E-state index contributed by atoms with van der Waals surface area (Å²) >= 11 is 0. The molecule has 2 N–H and O–H groups in total. The van der Waals surface area contributed by atoms with E-state index in [-0.39, 0.29) is 11.6 Å². The number of carbonyl (C=O) groups is 2. The van der Waals surface area contributed by atoms with Crippen molar-refractivity contribution < 1.29 is 14.0 Å². The monoisotopic (exact) mass is 413 g/mol. The Morgan fingerprint density at radius 2 is 1.42 bits per heavy atom. The van der Waals surface area contributed by atoms with Crippen molar-refractivity contribution >= 4 is 23.2 Å². The minimum atomic E-state index is -0.533. The zero-order chi connectivity index (χ0) is 21.8. The van der Waals surface area contributed by atoms with Gasteiger partial charge in [0, 0.05) is 34.9 Å². The Labute approximate surface area is 179 Å². The Bertz CT molecular complexity index is 1240. The van der Waals surface area contributed by atoms with Gasteiger partial charge in [-0.3, -0.25) is 9.59 Å². The second-order valence-electron chi connectivity index (χ2n) is 7.06. The Hall–Kier alpha value is -4.19. The molecule has 4 aromatic rings. The van der Waals surface area contributed by atoms with Crippen LogP contribution in [0.2, 0.25) is 0 Å². The molecule has 154 valence electrons. The SMILES string of the molecule is Cc1ccc(C(=O)Nc2cc(-n3cccc3)ccc2F)cc1NC(=O)c1ccccc1. The van der Waals surface area contributed by atoms with Crippen LogP contribution in [-0.4, -0.2) is 16.4 Å². The number of hydrogen-bond acceptors (Lipinski definition) is 2. The van der Waals surface area contributed by atoms with Gasteiger partial charge >= 0.3 is 0 Å². The maximum absolute atomic E-state index is 14.3. The van der Waals surface area contributed by atoms with Crippen LogP contribution in [0.5, 0.6) is 0 Å². The van der Waals surface area contributed by atoms with Crippen LogP contribution >= 0.6 is 0 Å². The van der Waals surface area contributed by atoms with E-state index in [4.69, 9.17) is 0 Å². The van der Waals surface area contributed by atoms with E-state index in [0.717, 1.165) is 11.3 Å². The van der Waals surface area contributed by atoms with Crippen LogP contribution in [0.3, 0.4) is 0 Å². The number of aromatic nitrogens is 1. The molecule has 0 bridgehead atoms. The molecule has 0 saturated heterocycles. The number of amides is 2. The fourth-order valence-corrected chi connectivity index (χ4v) is 3.15. The van der Waals surface area contributed by atoms with Gasteiger partial charge in [0.25, 0.3) is 11.8 Å². The molecule has 0 fully saturated rings. The van der Waals surface area contributed by atoms with Crippen molar-refractivity contribution in [3.05, 3.63) is 114 Å². The van der Waals surface area contributed by atoms with Crippen molar-refractivity contribution in [1.82, 2.24) is 4.57 Å². The number of anilines is 2. The van der Waals surface area contributed by atoms with E-state index in [1.165, 1.54) is 6.07 Å². The number of nitrogens with zero attached hydrogens (tertiary/aromatic N) is 1. The summed E-state index contributed by atoms with van der Waals surface area (Å²) in [7, 11) is 0. The molecular formula is C25H20FN3O2. The van der Waals surface area contributed by atoms with Gasteiger partial charge in [-0.15, -0.1) is 0 Å². The zero-order valence-electron chi connectivity index (χ0n) is 16.8. The molecule has 3 aromatic carbocycles. The van der Waals surface area contributed by atoms with Gasteiger partial charge in [-0.2, -0.15) is 0 Å². The molecular weight excluding hydrogens is 393 g/mol. The normalized spacial score (nSPS) is 10.5. The van der Waals surface area contributed by atoms with Crippen LogP contribution in [0.1, 0.15) is 26.3 Å². The van der Waals surface area contributed by atoms with Crippen molar-refractivity contribution in [2.24, 2.45) is 0 Å². The van der Waals surface area contributed by atoms with Gasteiger partial charge in [0.1, 0.15) is 5.82 Å². The summed E-state index contributed by atoms with van der Waals surface area (Å²) in [4.78, 5) is 25.3. The van der Waals surface area contributed by atoms with Gasteiger partial charge in [0.05, 0.1) is 5.69 Å². The van der Waals surface area contributed by atoms with Crippen molar-refractivity contribution in [1.29, 1.82) is 0 Å². The zero-order valence-corrected chi connectivity index (χ0v) is 16.8. The van der Waals surface area contributed by atoms with Crippen LogP contribution in [-0.2, 0) is 0 Å². The van der Waals surface area contributed by atoms with E-state index in [1.54, 1.807) is 54.6 Å². The minimum Gasteiger partial charge on any atom is -0.324 e. The maximum atomic E-state index is 14.3. The molecule has 1 aromatic heterocycles. The molecule has 0 aliphatic heterocycles. The number of benzene rings is 3. The predicted molar refractivity (Wildman–Crippen MR) is 119 cm³/mol. The summed E-state index contributed by atoms with van der Waals surface area (Å²) < 4.78 is 16.1. The van der Waals surface area contributed by atoms with E-state index < -0.39 is 11.7 Å². The molecule has 0 aliphatic carbocycles. The van der Waals surface area contributed by atoms with Gasteiger partial charge in [-0.05, 0) is 67.1 Å². The van der Waals surface area contributed by atoms with Gasteiger partial charge in [-0.1, -0.05) is 24.3 Å². The molecule has 4 rings (SSSR count). The predicted octanol–water partition coefficient (Wildman–Crippen LogP) is 5.43. The second-order valence-corrected chi connectivity index (χ2v) is 7.06. The number of hydrogen-bond donors (Lipinski definition) is 2. The van der Waals surface area contributed by atoms with Gasteiger partial charge in [0.15, 0.2) is 0 Å². The van der Waals surface area contributed by atoms with Gasteiger partial charge in [-0.25, -0.2) is 4.39 Å².